The van der Waals surface area contributed by atoms with Crippen LogP contribution in [0.3, 0.4) is 0 Å². The van der Waals surface area contributed by atoms with E-state index < -0.39 is 108 Å². The predicted octanol–water partition coefficient (Wildman–Crippen LogP) is 6.15. The van der Waals surface area contributed by atoms with Gasteiger partial charge in [-0.05, 0) is 88.8 Å². The Bertz CT molecular complexity index is 2470. The van der Waals surface area contributed by atoms with Crippen molar-refractivity contribution >= 4 is 35.8 Å². The molecule has 3 N–H and O–H groups in total. The van der Waals surface area contributed by atoms with E-state index in [1.54, 1.807) is 79.9 Å². The Labute approximate surface area is 449 Å². The summed E-state index contributed by atoms with van der Waals surface area (Å²) in [4.78, 5) is 71.6. The zero-order valence-corrected chi connectivity index (χ0v) is 41.0. The first-order valence-electron chi connectivity index (χ1n) is 24.0. The second kappa shape index (κ2) is 25.7. The highest BCUT2D eigenvalue weighted by Crippen LogP contribution is 2.55. The number of hydrogen-bond donors (Lipinski definition) is 3. The van der Waals surface area contributed by atoms with Crippen LogP contribution >= 0.6 is 0 Å². The summed E-state index contributed by atoms with van der Waals surface area (Å²) in [5.41, 5.74) is -1.88. The smallest absolute Gasteiger partial charge is 0.338 e. The number of ether oxygens (including phenoxy) is 12. The fourth-order valence-corrected chi connectivity index (χ4v) is 10.2. The van der Waals surface area contributed by atoms with Gasteiger partial charge in [0.1, 0.15) is 53.9 Å². The normalized spacial score (nSPS) is 33.9. The van der Waals surface area contributed by atoms with Gasteiger partial charge in [0.25, 0.3) is 0 Å². The molecule has 21 nitrogen and oxygen atoms in total. The van der Waals surface area contributed by atoms with Gasteiger partial charge >= 0.3 is 35.8 Å². The van der Waals surface area contributed by atoms with Crippen LogP contribution in [-0.4, -0.2) is 155 Å². The second-order valence-electron chi connectivity index (χ2n) is 19.1. The fourth-order valence-electron chi connectivity index (χ4n) is 10.2. The molecule has 3 aliphatic carbocycles. The van der Waals surface area contributed by atoms with E-state index in [0.29, 0.717) is 42.4 Å². The van der Waals surface area contributed by atoms with Crippen LogP contribution in [0.4, 0.5) is 0 Å². The maximum Gasteiger partial charge on any atom is 0.338 e. The first-order chi connectivity index (χ1) is 34.7. The van der Waals surface area contributed by atoms with Gasteiger partial charge in [0.2, 0.25) is 12.4 Å². The van der Waals surface area contributed by atoms with Crippen LogP contribution in [0.1, 0.15) is 134 Å². The van der Waals surface area contributed by atoms with Crippen LogP contribution in [0, 0.1) is 0 Å². The summed E-state index contributed by atoms with van der Waals surface area (Å²) < 4.78 is 67.1. The summed E-state index contributed by atoms with van der Waals surface area (Å²) >= 11 is 0. The molecule has 3 aromatic rings. The molecule has 4 heterocycles. The predicted molar refractivity (Wildman–Crippen MR) is 272 cm³/mol. The minimum Gasteiger partial charge on any atom is -0.456 e. The average molecular weight is 1090 g/mol. The molecule has 3 unspecified atom stereocenters. The van der Waals surface area contributed by atoms with Gasteiger partial charge < -0.3 is 72.2 Å². The van der Waals surface area contributed by atoms with Crippen molar-refractivity contribution in [1.82, 2.24) is 0 Å². The highest BCUT2D eigenvalue weighted by Gasteiger charge is 2.71. The molecule has 0 amide bonds. The molecule has 3 aromatic carbocycles. The van der Waals surface area contributed by atoms with Gasteiger partial charge in [0.15, 0.2) is 30.1 Å². The highest BCUT2D eigenvalue weighted by molar-refractivity contribution is 5.90. The zero-order chi connectivity index (χ0) is 52.5. The van der Waals surface area contributed by atoms with Crippen molar-refractivity contribution in [3.8, 4) is 0 Å². The van der Waals surface area contributed by atoms with E-state index >= 15 is 0 Å². The number of benzene rings is 3. The molecule has 0 aromatic heterocycles. The summed E-state index contributed by atoms with van der Waals surface area (Å²) in [6.45, 7) is 7.29. The fraction of sp³-hybridized carbons (Fsp3) is 0.571. The molecule has 10 rings (SSSR count). The molecule has 77 heavy (non-hydrogen) atoms. The molecule has 0 radical (unpaired) electrons. The quantitative estimate of drug-likeness (QED) is 0.152. The molecule has 7 fully saturated rings. The largest absolute Gasteiger partial charge is 0.456 e. The standard InChI is InChI=1S/C20H22O9.C18H22O6.C14H16O6.4CH4/c1-11(21)25-16-17(26-12(2)22)20(29-19(16)27-13(3)23)10-9-15(20)28-18(24)14-7-5-4-6-8-14;1-17(2)22-13-14(23-17)18(24-16(13)20-3)10-9-12(18)21-15(19)11-7-5-4-6-8-11;15-10-11(16)14(20-13(10)18)7-6-9(14)19-12(17)8-4-2-1-3-5-8;;;;/h4-8,15-17,19H,9-10H2,1-3H3;4-8,12-14,16H,9-10H2,1-3H3;1-5,9-11,13,15-16,18H,6-7H2;4*1H4/t15-,16?,17+,19+,20-;12-,13?,14+,16+,18-;9-,10?,11+,13+,14-;;;;/m000..../s1. The van der Waals surface area contributed by atoms with E-state index in [0.717, 1.165) is 12.8 Å². The number of aliphatic hydroxyl groups excluding tert-OH is 3. The zero-order valence-electron chi connectivity index (χ0n) is 41.0. The third-order valence-electron chi connectivity index (χ3n) is 14.0. The lowest BCUT2D eigenvalue weighted by molar-refractivity contribution is -0.288. The van der Waals surface area contributed by atoms with Crippen molar-refractivity contribution in [2.75, 3.05) is 7.11 Å². The van der Waals surface area contributed by atoms with Gasteiger partial charge in [-0.15, -0.1) is 0 Å². The van der Waals surface area contributed by atoms with Gasteiger partial charge in [-0.3, -0.25) is 14.4 Å². The van der Waals surface area contributed by atoms with E-state index in [2.05, 4.69) is 0 Å². The van der Waals surface area contributed by atoms with E-state index in [9.17, 15) is 44.1 Å². The van der Waals surface area contributed by atoms with E-state index in [1.165, 1.54) is 20.8 Å². The molecule has 3 saturated carbocycles. The molecular formula is C56H76O21. The van der Waals surface area contributed by atoms with Crippen molar-refractivity contribution in [2.45, 2.75) is 199 Å². The Balaban J connectivity index is 0.000000247. The molecule has 15 atom stereocenters. The third kappa shape index (κ3) is 12.9. The number of fused-ring (bicyclic) bond motifs is 2. The van der Waals surface area contributed by atoms with Crippen LogP contribution < -0.4 is 0 Å². The molecule has 426 valence electrons. The molecular weight excluding hydrogens is 1010 g/mol. The Morgan fingerprint density at radius 1 is 0.494 bits per heavy atom. The van der Waals surface area contributed by atoms with E-state index in [-0.39, 0.29) is 54.0 Å². The number of rotatable bonds is 10. The third-order valence-corrected chi connectivity index (χ3v) is 14.0. The number of carbonyl (C=O) groups excluding carboxylic acids is 6. The number of hydrogen-bond acceptors (Lipinski definition) is 21. The summed E-state index contributed by atoms with van der Waals surface area (Å²) in [5.74, 6) is -4.10. The van der Waals surface area contributed by atoms with Crippen LogP contribution in [0.25, 0.3) is 0 Å². The Morgan fingerprint density at radius 2 is 0.896 bits per heavy atom. The summed E-state index contributed by atoms with van der Waals surface area (Å²) in [7, 11) is 1.58. The monoisotopic (exact) mass is 1080 g/mol. The molecule has 0 bridgehead atoms. The number of carbonyl (C=O) groups is 6. The molecule has 4 aliphatic heterocycles. The van der Waals surface area contributed by atoms with Crippen LogP contribution in [-0.2, 0) is 71.2 Å². The Morgan fingerprint density at radius 3 is 1.26 bits per heavy atom. The Hall–Kier alpha value is -5.88. The summed E-state index contributed by atoms with van der Waals surface area (Å²) in [5, 5.41) is 29.0. The van der Waals surface area contributed by atoms with Crippen molar-refractivity contribution < 1.29 is 101 Å². The van der Waals surface area contributed by atoms with Gasteiger partial charge in [-0.2, -0.15) is 0 Å². The minimum absolute atomic E-state index is 0. The number of esters is 6. The van der Waals surface area contributed by atoms with Crippen molar-refractivity contribution in [3.63, 3.8) is 0 Å². The van der Waals surface area contributed by atoms with Gasteiger partial charge in [0.05, 0.1) is 16.7 Å². The van der Waals surface area contributed by atoms with Crippen molar-refractivity contribution in [3.05, 3.63) is 108 Å². The topological polar surface area (TPSA) is 274 Å². The second-order valence-corrected chi connectivity index (χ2v) is 19.1. The van der Waals surface area contributed by atoms with Gasteiger partial charge in [0, 0.05) is 27.9 Å². The summed E-state index contributed by atoms with van der Waals surface area (Å²) in [6.07, 6.45) is -7.40. The Kier molecular flexibility index (Phi) is 21.3. The van der Waals surface area contributed by atoms with E-state index in [4.69, 9.17) is 56.8 Å². The summed E-state index contributed by atoms with van der Waals surface area (Å²) in [6, 6.07) is 25.8. The lowest BCUT2D eigenvalue weighted by Crippen LogP contribution is -2.62. The average Bonchev–Trinajstić information content (AvgIpc) is 4.03. The number of methoxy groups -OCH3 is 1. The van der Waals surface area contributed by atoms with Gasteiger partial charge in [-0.1, -0.05) is 84.3 Å². The van der Waals surface area contributed by atoms with Crippen molar-refractivity contribution in [1.29, 1.82) is 0 Å². The molecule has 4 saturated heterocycles. The first-order valence-corrected chi connectivity index (χ1v) is 24.0. The van der Waals surface area contributed by atoms with Crippen LogP contribution in [0.2, 0.25) is 0 Å². The molecule has 7 aliphatic rings. The molecule has 21 heteroatoms. The van der Waals surface area contributed by atoms with E-state index in [1.807, 2.05) is 32.0 Å². The lowest BCUT2D eigenvalue weighted by atomic mass is 9.72. The maximum absolute atomic E-state index is 12.5. The highest BCUT2D eigenvalue weighted by atomic mass is 16.8. The van der Waals surface area contributed by atoms with Gasteiger partial charge in [-0.25, -0.2) is 14.4 Å². The lowest BCUT2D eigenvalue weighted by Gasteiger charge is -2.47. The minimum atomic E-state index is -1.46. The first kappa shape index (κ1) is 63.7. The molecule has 3 spiro atoms. The van der Waals surface area contributed by atoms with Crippen LogP contribution in [0.15, 0.2) is 91.0 Å². The number of aliphatic hydroxyl groups is 3. The van der Waals surface area contributed by atoms with Crippen molar-refractivity contribution in [2.24, 2.45) is 0 Å². The van der Waals surface area contributed by atoms with Crippen LogP contribution in [0.5, 0.6) is 0 Å². The maximum atomic E-state index is 12.5. The SMILES string of the molecule is C.C.C.C.CC(=O)OC1[C@H](OC(C)=O)O[C@]2(CC[C@@H]2OC(=O)c2ccccc2)[C@@H]1OC(C)=O.CO[C@@H]1O[C@]2(CC[C@@H]2OC(=O)c2ccccc2)[C@@H]2OC(C)(C)OC12.O=C(O[C@H]1CC[C@]12O[C@@H](O)C(O)[C@H]2O)c1ccccc1.